The summed E-state index contributed by atoms with van der Waals surface area (Å²) >= 11 is 0. The number of nitrogens with one attached hydrogen (secondary N) is 1. The average Bonchev–Trinajstić information content (AvgIpc) is 2.30. The van der Waals surface area contributed by atoms with Crippen molar-refractivity contribution in [2.24, 2.45) is 5.73 Å². The molecule has 4 N–H and O–H groups in total. The Kier molecular flexibility index (Phi) is 4.48. The quantitative estimate of drug-likeness (QED) is 0.728. The maximum atomic E-state index is 11.7. The molecule has 1 aromatic carbocycles. The average molecular weight is 238 g/mol. The number of benzene rings is 1. The zero-order valence-corrected chi connectivity index (χ0v) is 10.3. The molecule has 1 amide bonds. The normalized spacial score (nSPS) is 12.2. The number of hydrogen-bond donors (Lipinski definition) is 3. The molecule has 5 nitrogen and oxygen atoms in total. The predicted octanol–water partition coefficient (Wildman–Crippen LogP) is 0.921. The number of rotatable bonds is 4. The molecule has 0 fully saturated rings. The van der Waals surface area contributed by atoms with Crippen LogP contribution >= 0.6 is 0 Å². The predicted molar refractivity (Wildman–Crippen MR) is 66.1 cm³/mol. The third-order valence-corrected chi connectivity index (χ3v) is 2.57. The van der Waals surface area contributed by atoms with E-state index in [9.17, 15) is 9.90 Å². The first kappa shape index (κ1) is 13.5. The molecular weight excluding hydrogens is 220 g/mol. The highest BCUT2D eigenvalue weighted by Crippen LogP contribution is 2.27. The molecule has 0 aliphatic carbocycles. The van der Waals surface area contributed by atoms with Gasteiger partial charge in [-0.1, -0.05) is 6.07 Å². The minimum atomic E-state index is -0.720. The number of aromatic hydroxyl groups is 1. The second-order valence-corrected chi connectivity index (χ2v) is 3.95. The smallest absolute Gasteiger partial charge is 0.243 e. The van der Waals surface area contributed by atoms with Crippen LogP contribution in [0.5, 0.6) is 5.75 Å². The van der Waals surface area contributed by atoms with Crippen LogP contribution in [0, 0.1) is 13.8 Å². The fourth-order valence-corrected chi connectivity index (χ4v) is 1.45. The van der Waals surface area contributed by atoms with Gasteiger partial charge < -0.3 is 20.9 Å². The minimum Gasteiger partial charge on any atom is -0.507 e. The topological polar surface area (TPSA) is 84.6 Å². The first-order chi connectivity index (χ1) is 7.97. The highest BCUT2D eigenvalue weighted by Gasteiger charge is 2.15. The Morgan fingerprint density at radius 2 is 2.18 bits per heavy atom. The van der Waals surface area contributed by atoms with Gasteiger partial charge in [-0.05, 0) is 25.5 Å². The van der Waals surface area contributed by atoms with E-state index in [1.54, 1.807) is 26.0 Å². The lowest BCUT2D eigenvalue weighted by Crippen LogP contribution is -2.39. The second-order valence-electron chi connectivity index (χ2n) is 3.95. The molecular formula is C12H18N2O3. The Morgan fingerprint density at radius 3 is 2.76 bits per heavy atom. The maximum Gasteiger partial charge on any atom is 0.243 e. The molecule has 0 heterocycles. The van der Waals surface area contributed by atoms with Gasteiger partial charge in [0.2, 0.25) is 5.91 Å². The van der Waals surface area contributed by atoms with Crippen LogP contribution in [0.1, 0.15) is 11.1 Å². The van der Waals surface area contributed by atoms with Crippen molar-refractivity contribution in [3.8, 4) is 5.75 Å². The van der Waals surface area contributed by atoms with Crippen LogP contribution in [0.15, 0.2) is 12.1 Å². The number of methoxy groups -OCH3 is 1. The largest absolute Gasteiger partial charge is 0.507 e. The van der Waals surface area contributed by atoms with Gasteiger partial charge in [0.05, 0.1) is 6.61 Å². The van der Waals surface area contributed by atoms with E-state index in [2.05, 4.69) is 5.32 Å². The number of carbonyl (C=O) groups excluding carboxylic acids is 1. The zero-order valence-electron chi connectivity index (χ0n) is 10.3. The number of ether oxygens (including phenoxy) is 1. The number of carbonyl (C=O) groups is 1. The molecule has 94 valence electrons. The van der Waals surface area contributed by atoms with E-state index in [0.29, 0.717) is 11.3 Å². The van der Waals surface area contributed by atoms with Gasteiger partial charge in [-0.3, -0.25) is 4.79 Å². The van der Waals surface area contributed by atoms with Crippen LogP contribution in [0.4, 0.5) is 5.69 Å². The van der Waals surface area contributed by atoms with E-state index < -0.39 is 6.04 Å². The second kappa shape index (κ2) is 5.65. The summed E-state index contributed by atoms with van der Waals surface area (Å²) in [5, 5.41) is 12.4. The van der Waals surface area contributed by atoms with E-state index >= 15 is 0 Å². The van der Waals surface area contributed by atoms with Gasteiger partial charge in [0.25, 0.3) is 0 Å². The summed E-state index contributed by atoms with van der Waals surface area (Å²) in [6.45, 7) is 3.69. The Bertz CT molecular complexity index is 418. The van der Waals surface area contributed by atoms with Crippen LogP contribution in [0.2, 0.25) is 0 Å². The van der Waals surface area contributed by atoms with Crippen molar-refractivity contribution in [2.75, 3.05) is 19.0 Å². The lowest BCUT2D eigenvalue weighted by atomic mass is 10.1. The Labute approximate surface area is 101 Å². The van der Waals surface area contributed by atoms with Crippen molar-refractivity contribution in [3.05, 3.63) is 23.3 Å². The maximum absolute atomic E-state index is 11.7. The highest BCUT2D eigenvalue weighted by molar-refractivity contribution is 5.95. The van der Waals surface area contributed by atoms with Crippen LogP contribution in [0.25, 0.3) is 0 Å². The van der Waals surface area contributed by atoms with Gasteiger partial charge in [0, 0.05) is 18.4 Å². The summed E-state index contributed by atoms with van der Waals surface area (Å²) in [6.07, 6.45) is 0. The van der Waals surface area contributed by atoms with Gasteiger partial charge >= 0.3 is 0 Å². The fraction of sp³-hybridized carbons (Fsp3) is 0.417. The van der Waals surface area contributed by atoms with E-state index in [0.717, 1.165) is 5.56 Å². The Hall–Kier alpha value is -1.59. The van der Waals surface area contributed by atoms with Crippen molar-refractivity contribution >= 4 is 11.6 Å². The van der Waals surface area contributed by atoms with Crippen molar-refractivity contribution in [1.82, 2.24) is 0 Å². The third-order valence-electron chi connectivity index (χ3n) is 2.57. The van der Waals surface area contributed by atoms with Crippen LogP contribution < -0.4 is 11.1 Å². The summed E-state index contributed by atoms with van der Waals surface area (Å²) in [5.41, 5.74) is 7.55. The van der Waals surface area contributed by atoms with Gasteiger partial charge in [0.1, 0.15) is 11.8 Å². The number of hydrogen-bond acceptors (Lipinski definition) is 4. The van der Waals surface area contributed by atoms with Gasteiger partial charge in [0.15, 0.2) is 0 Å². The number of anilines is 1. The summed E-state index contributed by atoms with van der Waals surface area (Å²) in [4.78, 5) is 11.7. The third kappa shape index (κ3) is 3.18. The number of phenols is 1. The van der Waals surface area contributed by atoms with Gasteiger partial charge in [-0.15, -0.1) is 0 Å². The molecule has 17 heavy (non-hydrogen) atoms. The number of nitrogens with two attached hydrogens (primary N) is 1. The first-order valence-electron chi connectivity index (χ1n) is 5.32. The van der Waals surface area contributed by atoms with Crippen LogP contribution in [-0.4, -0.2) is 30.8 Å². The van der Waals surface area contributed by atoms with Crippen LogP contribution in [0.3, 0.4) is 0 Å². The summed E-state index contributed by atoms with van der Waals surface area (Å²) in [7, 11) is 1.48. The lowest BCUT2D eigenvalue weighted by Gasteiger charge is -2.14. The SMILES string of the molecule is COCC(N)C(=O)Nc1ccc(C)c(O)c1C. The van der Waals surface area contributed by atoms with Gasteiger partial charge in [-0.25, -0.2) is 0 Å². The van der Waals surface area contributed by atoms with E-state index in [-0.39, 0.29) is 18.3 Å². The van der Waals surface area contributed by atoms with Crippen LogP contribution in [-0.2, 0) is 9.53 Å². The first-order valence-corrected chi connectivity index (χ1v) is 5.32. The standard InChI is InChI=1S/C12H18N2O3/c1-7-4-5-10(8(2)11(7)15)14-12(16)9(13)6-17-3/h4-5,9,15H,6,13H2,1-3H3,(H,14,16). The molecule has 1 atom stereocenters. The molecule has 0 aromatic heterocycles. The zero-order chi connectivity index (χ0) is 13.0. The number of aryl methyl sites for hydroxylation is 1. The van der Waals surface area contributed by atoms with E-state index in [4.69, 9.17) is 10.5 Å². The van der Waals surface area contributed by atoms with Crippen molar-refractivity contribution in [3.63, 3.8) is 0 Å². The lowest BCUT2D eigenvalue weighted by molar-refractivity contribution is -0.118. The van der Waals surface area contributed by atoms with E-state index in [1.165, 1.54) is 7.11 Å². The molecule has 0 aliphatic rings. The Balaban J connectivity index is 2.82. The molecule has 0 saturated heterocycles. The van der Waals surface area contributed by atoms with Crippen molar-refractivity contribution < 1.29 is 14.6 Å². The monoisotopic (exact) mass is 238 g/mol. The molecule has 1 unspecified atom stereocenters. The summed E-state index contributed by atoms with van der Waals surface area (Å²) < 4.78 is 4.80. The molecule has 0 aliphatic heterocycles. The molecule has 0 radical (unpaired) electrons. The molecule has 1 rings (SSSR count). The highest BCUT2D eigenvalue weighted by atomic mass is 16.5. The van der Waals surface area contributed by atoms with Gasteiger partial charge in [-0.2, -0.15) is 0 Å². The molecule has 0 saturated carbocycles. The van der Waals surface area contributed by atoms with E-state index in [1.807, 2.05) is 0 Å². The summed E-state index contributed by atoms with van der Waals surface area (Å²) in [6, 6.07) is 2.75. The van der Waals surface area contributed by atoms with Crippen molar-refractivity contribution in [1.29, 1.82) is 0 Å². The molecule has 0 spiro atoms. The molecule has 5 heteroatoms. The van der Waals surface area contributed by atoms with Crippen molar-refractivity contribution in [2.45, 2.75) is 19.9 Å². The Morgan fingerprint density at radius 1 is 1.53 bits per heavy atom. The molecule has 0 bridgehead atoms. The summed E-state index contributed by atoms with van der Waals surface area (Å²) in [5.74, 6) is -0.152. The number of amides is 1. The minimum absolute atomic E-state index is 0.155. The molecule has 1 aromatic rings. The number of phenolic OH excluding ortho intramolecular Hbond substituents is 1. The fourth-order valence-electron chi connectivity index (χ4n) is 1.45.